The highest BCUT2D eigenvalue weighted by Crippen LogP contribution is 2.19. The zero-order chi connectivity index (χ0) is 18.4. The molecule has 0 bridgehead atoms. The van der Waals surface area contributed by atoms with Crippen molar-refractivity contribution in [1.29, 1.82) is 0 Å². The zero-order valence-electron chi connectivity index (χ0n) is 15.5. The molecule has 138 valence electrons. The van der Waals surface area contributed by atoms with Crippen molar-refractivity contribution in [2.45, 2.75) is 52.4 Å². The van der Waals surface area contributed by atoms with Crippen LogP contribution in [0.2, 0.25) is 0 Å². The van der Waals surface area contributed by atoms with Gasteiger partial charge in [-0.25, -0.2) is 9.59 Å². The highest BCUT2D eigenvalue weighted by molar-refractivity contribution is 5.69. The van der Waals surface area contributed by atoms with Gasteiger partial charge in [-0.2, -0.15) is 0 Å². The summed E-state index contributed by atoms with van der Waals surface area (Å²) in [5.74, 6) is 0.130. The Morgan fingerprint density at radius 2 is 1.92 bits per heavy atom. The molecule has 1 N–H and O–H groups in total. The lowest BCUT2D eigenvalue weighted by Crippen LogP contribution is -2.52. The van der Waals surface area contributed by atoms with Gasteiger partial charge in [-0.3, -0.25) is 0 Å². The van der Waals surface area contributed by atoms with Gasteiger partial charge in [0.1, 0.15) is 12.2 Å². The van der Waals surface area contributed by atoms with Crippen molar-refractivity contribution in [2.75, 3.05) is 13.1 Å². The monoisotopic (exact) mass is 348 g/mol. The number of carbonyl (C=O) groups excluding carboxylic acids is 2. The first-order valence-corrected chi connectivity index (χ1v) is 8.70. The fourth-order valence-electron chi connectivity index (χ4n) is 2.77. The number of hydrogen-bond acceptors (Lipinski definition) is 4. The molecule has 1 aliphatic rings. The van der Waals surface area contributed by atoms with E-state index >= 15 is 0 Å². The summed E-state index contributed by atoms with van der Waals surface area (Å²) in [5.41, 5.74) is 0.446. The maximum Gasteiger partial charge on any atom is 0.410 e. The highest BCUT2D eigenvalue weighted by Gasteiger charge is 2.32. The molecule has 1 saturated heterocycles. The number of ether oxygens (including phenoxy) is 2. The summed E-state index contributed by atoms with van der Waals surface area (Å²) in [7, 11) is 0. The van der Waals surface area contributed by atoms with Crippen LogP contribution >= 0.6 is 0 Å². The van der Waals surface area contributed by atoms with E-state index < -0.39 is 11.7 Å². The van der Waals surface area contributed by atoms with E-state index in [0.717, 1.165) is 5.56 Å². The molecule has 1 heterocycles. The third kappa shape index (κ3) is 6.29. The predicted molar refractivity (Wildman–Crippen MR) is 95.1 cm³/mol. The Bertz CT molecular complexity index is 583. The number of alkyl carbamates (subject to hydrolysis) is 1. The SMILES string of the molecule is CC1CN(C(=O)OC(C)(C)C)CCC1NC(=O)OCc1ccccc1. The Balaban J connectivity index is 1.77. The van der Waals surface area contributed by atoms with Gasteiger partial charge in [0.05, 0.1) is 0 Å². The molecule has 2 amide bonds. The normalized spacial score (nSPS) is 20.7. The van der Waals surface area contributed by atoms with Crippen LogP contribution in [-0.4, -0.2) is 41.8 Å². The van der Waals surface area contributed by atoms with Gasteiger partial charge in [-0.15, -0.1) is 0 Å². The molecule has 2 atom stereocenters. The molecule has 2 unspecified atom stereocenters. The van der Waals surface area contributed by atoms with Crippen LogP contribution in [0.3, 0.4) is 0 Å². The molecule has 25 heavy (non-hydrogen) atoms. The average molecular weight is 348 g/mol. The molecule has 1 aromatic rings. The van der Waals surface area contributed by atoms with Gasteiger partial charge < -0.3 is 19.7 Å². The fraction of sp³-hybridized carbons (Fsp3) is 0.579. The van der Waals surface area contributed by atoms with Crippen LogP contribution in [-0.2, 0) is 16.1 Å². The topological polar surface area (TPSA) is 67.9 Å². The van der Waals surface area contributed by atoms with Gasteiger partial charge in [0.2, 0.25) is 0 Å². The van der Waals surface area contributed by atoms with E-state index in [4.69, 9.17) is 9.47 Å². The van der Waals surface area contributed by atoms with Gasteiger partial charge in [-0.05, 0) is 38.7 Å². The van der Waals surface area contributed by atoms with Gasteiger partial charge in [0.25, 0.3) is 0 Å². The summed E-state index contributed by atoms with van der Waals surface area (Å²) in [6, 6.07) is 9.55. The fourth-order valence-corrected chi connectivity index (χ4v) is 2.77. The van der Waals surface area contributed by atoms with Crippen LogP contribution in [0.4, 0.5) is 9.59 Å². The van der Waals surface area contributed by atoms with Crippen LogP contribution in [0.15, 0.2) is 30.3 Å². The second-order valence-corrected chi connectivity index (χ2v) is 7.50. The standard InChI is InChI=1S/C19H28N2O4/c1-14-12-21(18(23)25-19(2,3)4)11-10-16(14)20-17(22)24-13-15-8-6-5-7-9-15/h5-9,14,16H,10-13H2,1-4H3,(H,20,22). The number of carbonyl (C=O) groups is 2. The molecular weight excluding hydrogens is 320 g/mol. The Hall–Kier alpha value is -2.24. The minimum Gasteiger partial charge on any atom is -0.445 e. The van der Waals surface area contributed by atoms with Crippen molar-refractivity contribution in [2.24, 2.45) is 5.92 Å². The van der Waals surface area contributed by atoms with E-state index in [-0.39, 0.29) is 24.7 Å². The first-order chi connectivity index (χ1) is 11.7. The van der Waals surface area contributed by atoms with Crippen LogP contribution in [0, 0.1) is 5.92 Å². The lowest BCUT2D eigenvalue weighted by Gasteiger charge is -2.37. The first kappa shape index (κ1) is 19.1. The molecule has 1 aliphatic heterocycles. The van der Waals surface area contributed by atoms with Gasteiger partial charge in [0, 0.05) is 19.1 Å². The third-order valence-electron chi connectivity index (χ3n) is 4.07. The molecule has 6 nitrogen and oxygen atoms in total. The minimum absolute atomic E-state index is 0.0121. The maximum absolute atomic E-state index is 12.1. The number of likely N-dealkylation sites (tertiary alicyclic amines) is 1. The molecule has 1 aromatic carbocycles. The van der Waals surface area contributed by atoms with Crippen molar-refractivity contribution in [1.82, 2.24) is 10.2 Å². The Morgan fingerprint density at radius 3 is 2.52 bits per heavy atom. The minimum atomic E-state index is -0.503. The predicted octanol–water partition coefficient (Wildman–Crippen LogP) is 3.56. The Labute approximate surface area is 149 Å². The number of piperidine rings is 1. The van der Waals surface area contributed by atoms with E-state index in [1.165, 1.54) is 0 Å². The molecule has 0 spiro atoms. The third-order valence-corrected chi connectivity index (χ3v) is 4.07. The molecule has 0 aliphatic carbocycles. The van der Waals surface area contributed by atoms with Crippen LogP contribution < -0.4 is 5.32 Å². The Morgan fingerprint density at radius 1 is 1.24 bits per heavy atom. The lowest BCUT2D eigenvalue weighted by molar-refractivity contribution is 0.0143. The second-order valence-electron chi connectivity index (χ2n) is 7.50. The molecule has 0 radical (unpaired) electrons. The van der Waals surface area contributed by atoms with E-state index in [0.29, 0.717) is 19.5 Å². The summed E-state index contributed by atoms with van der Waals surface area (Å²) in [6.45, 7) is 8.93. The van der Waals surface area contributed by atoms with Crippen molar-refractivity contribution >= 4 is 12.2 Å². The number of rotatable bonds is 3. The van der Waals surface area contributed by atoms with Gasteiger partial charge in [0.15, 0.2) is 0 Å². The van der Waals surface area contributed by atoms with Crippen LogP contribution in [0.1, 0.15) is 39.7 Å². The maximum atomic E-state index is 12.1. The van der Waals surface area contributed by atoms with E-state index in [1.807, 2.05) is 58.0 Å². The number of hydrogen-bond donors (Lipinski definition) is 1. The molecular formula is C19H28N2O4. The summed E-state index contributed by atoms with van der Waals surface area (Å²) < 4.78 is 10.7. The zero-order valence-corrected chi connectivity index (χ0v) is 15.5. The van der Waals surface area contributed by atoms with E-state index in [2.05, 4.69) is 5.32 Å². The van der Waals surface area contributed by atoms with Crippen molar-refractivity contribution in [3.63, 3.8) is 0 Å². The van der Waals surface area contributed by atoms with E-state index in [9.17, 15) is 9.59 Å². The van der Waals surface area contributed by atoms with E-state index in [1.54, 1.807) is 4.90 Å². The molecule has 6 heteroatoms. The Kier molecular flexibility index (Phi) is 6.28. The highest BCUT2D eigenvalue weighted by atomic mass is 16.6. The quantitative estimate of drug-likeness (QED) is 0.907. The second kappa shape index (κ2) is 8.23. The summed E-state index contributed by atoms with van der Waals surface area (Å²) >= 11 is 0. The first-order valence-electron chi connectivity index (χ1n) is 8.70. The smallest absolute Gasteiger partial charge is 0.410 e. The summed E-state index contributed by atoms with van der Waals surface area (Å²) in [4.78, 5) is 25.8. The molecule has 2 rings (SSSR count). The van der Waals surface area contributed by atoms with Crippen LogP contribution in [0.25, 0.3) is 0 Å². The van der Waals surface area contributed by atoms with Gasteiger partial charge in [-0.1, -0.05) is 37.3 Å². The molecule has 1 fully saturated rings. The van der Waals surface area contributed by atoms with Gasteiger partial charge >= 0.3 is 12.2 Å². The lowest BCUT2D eigenvalue weighted by atomic mass is 9.94. The largest absolute Gasteiger partial charge is 0.445 e. The number of benzene rings is 1. The summed E-state index contributed by atoms with van der Waals surface area (Å²) in [5, 5.41) is 2.91. The number of amides is 2. The van der Waals surface area contributed by atoms with Crippen LogP contribution in [0.5, 0.6) is 0 Å². The van der Waals surface area contributed by atoms with Crippen molar-refractivity contribution in [3.8, 4) is 0 Å². The summed E-state index contributed by atoms with van der Waals surface area (Å²) in [6.07, 6.45) is -0.0446. The van der Waals surface area contributed by atoms with Crippen molar-refractivity contribution in [3.05, 3.63) is 35.9 Å². The number of nitrogens with one attached hydrogen (secondary N) is 1. The molecule has 0 aromatic heterocycles. The van der Waals surface area contributed by atoms with Crippen molar-refractivity contribution < 1.29 is 19.1 Å². The average Bonchev–Trinajstić information content (AvgIpc) is 2.54. The molecule has 0 saturated carbocycles. The number of nitrogens with zero attached hydrogens (tertiary/aromatic N) is 1.